The molecule has 36 heavy (non-hydrogen) atoms. The molecular weight excluding hydrogens is 478 g/mol. The van der Waals surface area contributed by atoms with Crippen LogP contribution in [0.1, 0.15) is 98.1 Å². The standard InChI is InChI=1S/C31H52N2OP2/c1-28(2,3)17-22-12-13-27(36-29(4,5)18-25(34)19-30(36,6)7)26(16-22)31(35,23-10-8-14-32-20-23)24-11-9-15-33-21-24/h12-13,16,23-24,32-33H,8-11,14-15,17-21,35H2,1-7H3. The van der Waals surface area contributed by atoms with E-state index in [0.29, 0.717) is 30.5 Å². The summed E-state index contributed by atoms with van der Waals surface area (Å²) in [6.07, 6.45) is 7.63. The summed E-state index contributed by atoms with van der Waals surface area (Å²) < 4.78 is 0. The molecule has 5 heteroatoms. The second kappa shape index (κ2) is 10.7. The van der Waals surface area contributed by atoms with E-state index >= 15 is 0 Å². The van der Waals surface area contributed by atoms with E-state index in [0.717, 1.165) is 32.6 Å². The molecule has 3 nitrogen and oxygen atoms in total. The van der Waals surface area contributed by atoms with Crippen molar-refractivity contribution in [3.05, 3.63) is 29.3 Å². The lowest BCUT2D eigenvalue weighted by Crippen LogP contribution is -2.52. The minimum absolute atomic E-state index is 0.00959. The number of piperidine rings is 2. The Morgan fingerprint density at radius 1 is 0.944 bits per heavy atom. The van der Waals surface area contributed by atoms with Crippen molar-refractivity contribution in [2.75, 3.05) is 26.2 Å². The predicted octanol–water partition coefficient (Wildman–Crippen LogP) is 6.37. The van der Waals surface area contributed by atoms with Gasteiger partial charge in [0.1, 0.15) is 5.78 Å². The van der Waals surface area contributed by atoms with Crippen molar-refractivity contribution in [2.24, 2.45) is 17.3 Å². The fourth-order valence-electron chi connectivity index (χ4n) is 7.80. The number of ketones is 1. The Labute approximate surface area is 225 Å². The first kappa shape index (κ1) is 28.7. The zero-order valence-corrected chi connectivity index (χ0v) is 26.1. The third-order valence-electron chi connectivity index (χ3n) is 8.92. The number of rotatable bonds is 5. The van der Waals surface area contributed by atoms with E-state index in [1.807, 2.05) is 0 Å². The van der Waals surface area contributed by atoms with Gasteiger partial charge in [-0.25, -0.2) is 0 Å². The topological polar surface area (TPSA) is 41.1 Å². The molecular formula is C31H52N2OP2. The van der Waals surface area contributed by atoms with Crippen LogP contribution in [0.4, 0.5) is 0 Å². The van der Waals surface area contributed by atoms with Crippen molar-refractivity contribution >= 4 is 28.2 Å². The highest BCUT2D eigenvalue weighted by atomic mass is 31.1. The number of hydrogen-bond donors (Lipinski definition) is 2. The minimum Gasteiger partial charge on any atom is -0.316 e. The SMILES string of the molecule is CC(C)(C)Cc1ccc(P2C(C)(C)CC(=O)CC2(C)C)c(C(P)(C2CCCNC2)C2CCCNC2)c1. The maximum absolute atomic E-state index is 12.8. The maximum atomic E-state index is 12.8. The van der Waals surface area contributed by atoms with Crippen LogP contribution in [-0.2, 0) is 16.4 Å². The summed E-state index contributed by atoms with van der Waals surface area (Å²) in [5.74, 6) is 1.66. The Morgan fingerprint density at radius 3 is 1.92 bits per heavy atom. The third-order valence-corrected chi connectivity index (χ3v) is 13.8. The molecule has 0 aliphatic carbocycles. The summed E-state index contributed by atoms with van der Waals surface area (Å²) in [4.78, 5) is 12.8. The number of Topliss-reactive ketones (excluding diaryl/α,β-unsaturated/α-hetero) is 1. The summed E-state index contributed by atoms with van der Waals surface area (Å²) in [6, 6.07) is 7.58. The van der Waals surface area contributed by atoms with Crippen molar-refractivity contribution in [2.45, 2.75) is 109 Å². The number of nitrogens with one attached hydrogen (secondary N) is 2. The Hall–Kier alpha value is -0.330. The van der Waals surface area contributed by atoms with Gasteiger partial charge in [0.25, 0.3) is 0 Å². The van der Waals surface area contributed by atoms with Crippen molar-refractivity contribution < 1.29 is 4.79 Å². The molecule has 4 rings (SSSR count). The number of hydrogen-bond acceptors (Lipinski definition) is 3. The number of carbonyl (C=O) groups excluding carboxylic acids is 1. The van der Waals surface area contributed by atoms with Gasteiger partial charge in [-0.15, -0.1) is 9.24 Å². The fourth-order valence-corrected chi connectivity index (χ4v) is 13.1. The zero-order valence-electron chi connectivity index (χ0n) is 24.1. The molecule has 2 N–H and O–H groups in total. The molecule has 0 radical (unpaired) electrons. The van der Waals surface area contributed by atoms with E-state index < -0.39 is 7.92 Å². The van der Waals surface area contributed by atoms with Gasteiger partial charge >= 0.3 is 0 Å². The quantitative estimate of drug-likeness (QED) is 0.435. The molecule has 3 fully saturated rings. The Kier molecular flexibility index (Phi) is 8.50. The van der Waals surface area contributed by atoms with Crippen LogP contribution in [0.25, 0.3) is 0 Å². The fraction of sp³-hybridized carbons (Fsp3) is 0.774. The van der Waals surface area contributed by atoms with Gasteiger partial charge in [-0.1, -0.05) is 74.6 Å². The van der Waals surface area contributed by atoms with Crippen molar-refractivity contribution in [3.8, 4) is 0 Å². The zero-order chi connectivity index (χ0) is 26.4. The van der Waals surface area contributed by atoms with E-state index in [1.54, 1.807) is 10.9 Å². The van der Waals surface area contributed by atoms with Gasteiger partial charge in [-0.2, -0.15) is 0 Å². The molecule has 0 amide bonds. The Morgan fingerprint density at radius 2 is 1.47 bits per heavy atom. The highest BCUT2D eigenvalue weighted by Gasteiger charge is 2.51. The molecule has 1 aromatic rings. The molecule has 3 atom stereocenters. The van der Waals surface area contributed by atoms with Crippen molar-refractivity contribution in [1.82, 2.24) is 10.6 Å². The first-order valence-electron chi connectivity index (χ1n) is 14.4. The van der Waals surface area contributed by atoms with Crippen LogP contribution in [0, 0.1) is 17.3 Å². The predicted molar refractivity (Wildman–Crippen MR) is 161 cm³/mol. The van der Waals surface area contributed by atoms with Crippen LogP contribution in [0.5, 0.6) is 0 Å². The summed E-state index contributed by atoms with van der Waals surface area (Å²) in [5.41, 5.74) is 3.32. The van der Waals surface area contributed by atoms with Crippen LogP contribution in [0.3, 0.4) is 0 Å². The number of benzene rings is 1. The lowest BCUT2D eigenvalue weighted by molar-refractivity contribution is -0.120. The second-order valence-corrected chi connectivity index (χ2v) is 19.0. The van der Waals surface area contributed by atoms with E-state index in [-0.39, 0.29) is 20.9 Å². The van der Waals surface area contributed by atoms with E-state index in [9.17, 15) is 4.79 Å². The van der Waals surface area contributed by atoms with Gasteiger partial charge in [0.2, 0.25) is 0 Å². The number of carbonyl (C=O) groups is 1. The molecule has 0 bridgehead atoms. The van der Waals surface area contributed by atoms with E-state index in [1.165, 1.54) is 31.2 Å². The average Bonchev–Trinajstić information content (AvgIpc) is 2.77. The smallest absolute Gasteiger partial charge is 0.134 e. The molecule has 1 aromatic carbocycles. The normalized spacial score (nSPS) is 29.1. The Bertz CT molecular complexity index is 898. The monoisotopic (exact) mass is 530 g/mol. The highest BCUT2D eigenvalue weighted by Crippen LogP contribution is 2.66. The van der Waals surface area contributed by atoms with Crippen molar-refractivity contribution in [3.63, 3.8) is 0 Å². The van der Waals surface area contributed by atoms with Crippen LogP contribution in [-0.4, -0.2) is 42.3 Å². The minimum atomic E-state index is -0.528. The van der Waals surface area contributed by atoms with Gasteiger partial charge in [-0.3, -0.25) is 4.79 Å². The highest BCUT2D eigenvalue weighted by molar-refractivity contribution is 7.69. The summed E-state index contributed by atoms with van der Waals surface area (Å²) >= 11 is 0. The molecule has 3 aliphatic rings. The first-order chi connectivity index (χ1) is 16.7. The first-order valence-corrected chi connectivity index (χ1v) is 16.3. The van der Waals surface area contributed by atoms with Gasteiger partial charge in [-0.05, 0) is 102 Å². The van der Waals surface area contributed by atoms with Gasteiger partial charge < -0.3 is 10.6 Å². The van der Waals surface area contributed by atoms with Crippen LogP contribution in [0.2, 0.25) is 0 Å². The van der Waals surface area contributed by atoms with E-state index in [4.69, 9.17) is 0 Å². The van der Waals surface area contributed by atoms with Crippen LogP contribution in [0.15, 0.2) is 18.2 Å². The maximum Gasteiger partial charge on any atom is 0.134 e. The Balaban J connectivity index is 1.93. The largest absolute Gasteiger partial charge is 0.316 e. The lowest BCUT2D eigenvalue weighted by atomic mass is 9.70. The molecule has 202 valence electrons. The van der Waals surface area contributed by atoms with Crippen molar-refractivity contribution in [1.29, 1.82) is 0 Å². The second-order valence-electron chi connectivity index (χ2n) is 14.5. The van der Waals surface area contributed by atoms with Gasteiger partial charge in [0, 0.05) is 18.0 Å². The summed E-state index contributed by atoms with van der Waals surface area (Å²) in [5, 5.41) is 9.17. The van der Waals surface area contributed by atoms with Crippen LogP contribution < -0.4 is 15.9 Å². The van der Waals surface area contributed by atoms with Gasteiger partial charge in [0.05, 0.1) is 0 Å². The third kappa shape index (κ3) is 5.96. The molecule has 3 heterocycles. The molecule has 3 saturated heterocycles. The average molecular weight is 531 g/mol. The summed E-state index contributed by atoms with van der Waals surface area (Å²) in [7, 11) is 2.98. The van der Waals surface area contributed by atoms with E-state index in [2.05, 4.69) is 86.5 Å². The summed E-state index contributed by atoms with van der Waals surface area (Å²) in [6.45, 7) is 21.1. The lowest BCUT2D eigenvalue weighted by Gasteiger charge is -2.53. The van der Waals surface area contributed by atoms with Gasteiger partial charge in [0.15, 0.2) is 0 Å². The molecule has 0 saturated carbocycles. The molecule has 0 aromatic heterocycles. The molecule has 3 aliphatic heterocycles. The molecule has 3 unspecified atom stereocenters. The molecule has 0 spiro atoms. The van der Waals surface area contributed by atoms with Crippen LogP contribution >= 0.6 is 17.2 Å².